The average molecular weight is 421 g/mol. The Bertz CT molecular complexity index is 638. The maximum atomic E-state index is 11.5. The van der Waals surface area contributed by atoms with E-state index in [0.29, 0.717) is 0 Å². The number of carbonyl (C=O) groups excluding carboxylic acids is 2. The van der Waals surface area contributed by atoms with Crippen LogP contribution in [-0.4, -0.2) is 111 Å². The number of hydrogen-bond donors (Lipinski definition) is 8. The first-order chi connectivity index (χ1) is 13.6. The van der Waals surface area contributed by atoms with Gasteiger partial charge in [0.1, 0.15) is 48.9 Å². The van der Waals surface area contributed by atoms with Crippen molar-refractivity contribution in [1.29, 1.82) is 0 Å². The lowest BCUT2D eigenvalue weighted by atomic mass is 9.95. The monoisotopic (exact) mass is 421 g/mol. The van der Waals surface area contributed by atoms with Gasteiger partial charge in [-0.15, -0.1) is 0 Å². The van der Waals surface area contributed by atoms with Crippen LogP contribution in [0, 0.1) is 0 Å². The molecule has 10 atom stereocenters. The lowest BCUT2D eigenvalue weighted by Crippen LogP contribution is -2.68. The van der Waals surface area contributed by atoms with Crippen LogP contribution in [0.3, 0.4) is 0 Å². The Morgan fingerprint density at radius 2 is 1.69 bits per heavy atom. The van der Waals surface area contributed by atoms with E-state index >= 15 is 0 Å². The van der Waals surface area contributed by atoms with E-state index in [4.69, 9.17) is 14.2 Å². The van der Waals surface area contributed by atoms with Crippen molar-refractivity contribution < 1.29 is 49.3 Å². The largest absolute Gasteiger partial charge is 0.394 e. The molecule has 0 bridgehead atoms. The summed E-state index contributed by atoms with van der Waals surface area (Å²) in [5.74, 6) is -0.980. The van der Waals surface area contributed by atoms with Gasteiger partial charge in [-0.2, -0.15) is 0 Å². The van der Waals surface area contributed by atoms with Crippen LogP contribution in [0.15, 0.2) is 0 Å². The SMILES string of the molecule is CC(=O)N[C@H]1[C@@H](O[C@@H]2[C@@H](CO)O[C@@H]3N[C@@]3(NC(C)=O)[C@H]2O)O[C@H](CO)[C@@H](O)[C@@H]1O. The van der Waals surface area contributed by atoms with E-state index in [2.05, 4.69) is 16.0 Å². The summed E-state index contributed by atoms with van der Waals surface area (Å²) in [6.07, 6.45) is -10.1. The fourth-order valence-electron chi connectivity index (χ4n) is 3.79. The summed E-state index contributed by atoms with van der Waals surface area (Å²) >= 11 is 0. The van der Waals surface area contributed by atoms with Crippen molar-refractivity contribution in [2.24, 2.45) is 0 Å². The number of aliphatic hydroxyl groups excluding tert-OH is 5. The predicted octanol–water partition coefficient (Wildman–Crippen LogP) is -5.17. The third-order valence-corrected chi connectivity index (χ3v) is 5.26. The van der Waals surface area contributed by atoms with Gasteiger partial charge in [-0.05, 0) is 0 Å². The second-order valence-electron chi connectivity index (χ2n) is 7.41. The number of ether oxygens (including phenoxy) is 3. The summed E-state index contributed by atoms with van der Waals surface area (Å²) in [5, 5.41) is 58.0. The molecular formula is C16H27N3O10. The fourth-order valence-corrected chi connectivity index (χ4v) is 3.79. The van der Waals surface area contributed by atoms with Crippen molar-refractivity contribution in [1.82, 2.24) is 16.0 Å². The number of rotatable bonds is 6. The molecule has 3 aliphatic heterocycles. The molecule has 0 aromatic carbocycles. The molecule has 0 aliphatic carbocycles. The fraction of sp³-hybridized carbons (Fsp3) is 0.875. The smallest absolute Gasteiger partial charge is 0.218 e. The minimum absolute atomic E-state index is 0.437. The molecule has 3 saturated heterocycles. The number of hydrogen-bond acceptors (Lipinski definition) is 11. The highest BCUT2D eigenvalue weighted by atomic mass is 16.7. The standard InChI is InChI=1S/C16H27N3O10/c1-5(22)17-9-11(25)10(24)7(3-20)27-14(9)29-12-8(4-21)28-15-16(19-15,13(12)26)18-6(2)23/h7-15,19-21,24-26H,3-4H2,1-2H3,(H,17,22)(H,18,23)/t7-,8-,9-,10-,11-,12-,13+,14-,15+,16+/m1/s1. The minimum Gasteiger partial charge on any atom is -0.394 e. The normalized spacial score (nSPS) is 46.5. The van der Waals surface area contributed by atoms with Gasteiger partial charge in [0.25, 0.3) is 0 Å². The topological polar surface area (TPSA) is 209 Å². The van der Waals surface area contributed by atoms with Crippen molar-refractivity contribution in [3.8, 4) is 0 Å². The molecule has 13 nitrogen and oxygen atoms in total. The summed E-state index contributed by atoms with van der Waals surface area (Å²) in [7, 11) is 0. The first-order valence-corrected chi connectivity index (χ1v) is 9.20. The summed E-state index contributed by atoms with van der Waals surface area (Å²) in [6.45, 7) is 1.26. The number of carbonyl (C=O) groups is 2. The first kappa shape index (κ1) is 22.3. The maximum absolute atomic E-state index is 11.5. The number of aliphatic hydroxyl groups is 5. The van der Waals surface area contributed by atoms with E-state index in [9.17, 15) is 35.1 Å². The Balaban J connectivity index is 1.83. The van der Waals surface area contributed by atoms with Crippen LogP contribution in [0.4, 0.5) is 0 Å². The highest BCUT2D eigenvalue weighted by molar-refractivity contribution is 5.74. The third kappa shape index (κ3) is 4.10. The molecule has 2 amide bonds. The van der Waals surface area contributed by atoms with Crippen LogP contribution in [0.1, 0.15) is 13.8 Å². The molecule has 3 heterocycles. The Hall–Kier alpha value is -1.42. The molecular weight excluding hydrogens is 394 g/mol. The van der Waals surface area contributed by atoms with Gasteiger partial charge in [0.2, 0.25) is 11.8 Å². The van der Waals surface area contributed by atoms with Crippen LogP contribution in [0.5, 0.6) is 0 Å². The number of fused-ring (bicyclic) bond motifs is 1. The predicted molar refractivity (Wildman–Crippen MR) is 91.7 cm³/mol. The van der Waals surface area contributed by atoms with Crippen molar-refractivity contribution >= 4 is 11.8 Å². The van der Waals surface area contributed by atoms with Crippen LogP contribution in [0.2, 0.25) is 0 Å². The Labute approximate surface area is 165 Å². The molecule has 0 radical (unpaired) electrons. The molecule has 3 fully saturated rings. The van der Waals surface area contributed by atoms with E-state index in [-0.39, 0.29) is 0 Å². The molecule has 3 rings (SSSR count). The van der Waals surface area contributed by atoms with Gasteiger partial charge in [-0.1, -0.05) is 0 Å². The Morgan fingerprint density at radius 1 is 1.03 bits per heavy atom. The van der Waals surface area contributed by atoms with Gasteiger partial charge in [0, 0.05) is 13.8 Å². The summed E-state index contributed by atoms with van der Waals surface area (Å²) < 4.78 is 16.8. The molecule has 0 aromatic heterocycles. The van der Waals surface area contributed by atoms with Crippen LogP contribution in [-0.2, 0) is 23.8 Å². The lowest BCUT2D eigenvalue weighted by molar-refractivity contribution is -0.309. The molecule has 13 heteroatoms. The van der Waals surface area contributed by atoms with E-state index in [0.717, 1.165) is 0 Å². The average Bonchev–Trinajstić information content (AvgIpc) is 3.35. The molecule has 3 aliphatic rings. The Kier molecular flexibility index (Phi) is 6.43. The molecule has 0 unspecified atom stereocenters. The van der Waals surface area contributed by atoms with Gasteiger partial charge in [0.05, 0.1) is 13.2 Å². The van der Waals surface area contributed by atoms with Gasteiger partial charge >= 0.3 is 0 Å². The van der Waals surface area contributed by atoms with Crippen molar-refractivity contribution in [3.05, 3.63) is 0 Å². The zero-order chi connectivity index (χ0) is 21.5. The van der Waals surface area contributed by atoms with Crippen LogP contribution < -0.4 is 16.0 Å². The second-order valence-corrected chi connectivity index (χ2v) is 7.41. The maximum Gasteiger partial charge on any atom is 0.218 e. The second kappa shape index (κ2) is 8.37. The summed E-state index contributed by atoms with van der Waals surface area (Å²) in [4.78, 5) is 23.0. The highest BCUT2D eigenvalue weighted by Crippen LogP contribution is 2.39. The highest BCUT2D eigenvalue weighted by Gasteiger charge is 2.68. The van der Waals surface area contributed by atoms with Gasteiger partial charge < -0.3 is 50.4 Å². The van der Waals surface area contributed by atoms with Gasteiger partial charge in [-0.25, -0.2) is 0 Å². The quantitative estimate of drug-likeness (QED) is 0.190. The van der Waals surface area contributed by atoms with E-state index < -0.39 is 85.9 Å². The van der Waals surface area contributed by atoms with Gasteiger partial charge in [-0.3, -0.25) is 14.9 Å². The van der Waals surface area contributed by atoms with E-state index in [1.54, 1.807) is 0 Å². The zero-order valence-electron chi connectivity index (χ0n) is 15.9. The Morgan fingerprint density at radius 3 is 2.24 bits per heavy atom. The van der Waals surface area contributed by atoms with Crippen LogP contribution in [0.25, 0.3) is 0 Å². The summed E-state index contributed by atoms with van der Waals surface area (Å²) in [6, 6.07) is -1.24. The number of amides is 2. The molecule has 0 saturated carbocycles. The molecule has 8 N–H and O–H groups in total. The molecule has 166 valence electrons. The van der Waals surface area contributed by atoms with Crippen LogP contribution >= 0.6 is 0 Å². The third-order valence-electron chi connectivity index (χ3n) is 5.26. The van der Waals surface area contributed by atoms with Gasteiger partial charge in [0.15, 0.2) is 12.0 Å². The van der Waals surface area contributed by atoms with Crippen molar-refractivity contribution in [2.75, 3.05) is 13.2 Å². The van der Waals surface area contributed by atoms with E-state index in [1.807, 2.05) is 0 Å². The summed E-state index contributed by atoms with van der Waals surface area (Å²) in [5.41, 5.74) is -1.32. The minimum atomic E-state index is -1.54. The lowest BCUT2D eigenvalue weighted by Gasteiger charge is -2.45. The molecule has 0 aromatic rings. The zero-order valence-corrected chi connectivity index (χ0v) is 15.9. The van der Waals surface area contributed by atoms with Crippen molar-refractivity contribution in [2.45, 2.75) is 74.7 Å². The molecule has 0 spiro atoms. The van der Waals surface area contributed by atoms with E-state index in [1.165, 1.54) is 13.8 Å². The molecule has 29 heavy (non-hydrogen) atoms. The number of nitrogens with one attached hydrogen (secondary N) is 3. The van der Waals surface area contributed by atoms with Crippen molar-refractivity contribution in [3.63, 3.8) is 0 Å². The first-order valence-electron chi connectivity index (χ1n) is 9.20.